The first-order chi connectivity index (χ1) is 2.00. The minimum atomic E-state index is -4.67. The Balaban J connectivity index is 0. The van der Waals surface area contributed by atoms with Gasteiger partial charge in [0.2, 0.25) is 0 Å². The first-order valence-electron chi connectivity index (χ1n) is 0.717. The van der Waals surface area contributed by atoms with Crippen LogP contribution in [0, 0.1) is 0 Å². The molecule has 0 bridgehead atoms. The molecule has 0 heterocycles. The van der Waals surface area contributed by atoms with Crippen LogP contribution in [0.2, 0.25) is 0 Å². The normalized spacial score (nSPS) is 9.83. The average molecular weight is 202 g/mol. The predicted molar refractivity (Wildman–Crippen MR) is 19.2 cm³/mol. The Kier molecular flexibility index (Phi) is 6.97. The van der Waals surface area contributed by atoms with Crippen LogP contribution >= 0.6 is 18.2 Å². The maximum Gasteiger partial charge on any atom is 2.00 e. The molecular weight excluding hydrogens is 202 g/mol. The summed E-state index contributed by atoms with van der Waals surface area (Å²) < 4.78 is 8.87. The number of hydrogen-bond acceptors (Lipinski definition) is 3. The van der Waals surface area contributed by atoms with Gasteiger partial charge in [-0.15, -0.1) is 0 Å². The Hall–Kier alpha value is 1.92. The van der Waals surface area contributed by atoms with Crippen LogP contribution in [0.25, 0.3) is 0 Å². The third-order valence-corrected chi connectivity index (χ3v) is 0. The van der Waals surface area contributed by atoms with E-state index in [0.29, 0.717) is 0 Å². The number of hydrogen-bond donors (Lipinski definition) is 0. The van der Waals surface area contributed by atoms with E-state index in [1.54, 1.807) is 0 Å². The maximum absolute atomic E-state index is 8.87. The van der Waals surface area contributed by atoms with Gasteiger partial charge in [0.15, 0.2) is 0 Å². The van der Waals surface area contributed by atoms with Crippen molar-refractivity contribution in [3.8, 4) is 0 Å². The van der Waals surface area contributed by atoms with Crippen LogP contribution in [0.3, 0.4) is 0 Å². The molecule has 0 unspecified atom stereocenters. The third-order valence-electron chi connectivity index (χ3n) is 0. The predicted octanol–water partition coefficient (Wildman–Crippen LogP) is -1.33. The number of rotatable bonds is 0. The molecule has 0 aliphatic carbocycles. The van der Waals surface area contributed by atoms with E-state index in [4.69, 9.17) is 14.4 Å². The van der Waals surface area contributed by atoms with Crippen molar-refractivity contribution < 1.29 is 14.4 Å². The second kappa shape index (κ2) is 3.87. The molecule has 3 nitrogen and oxygen atoms in total. The molecule has 0 aromatic rings. The molecule has 0 aromatic heterocycles. The molecule has 0 atom stereocenters. The average Bonchev–Trinajstić information content (AvgIpc) is 0.722. The first kappa shape index (κ1) is 10.8. The van der Waals surface area contributed by atoms with Crippen LogP contribution in [-0.2, 0) is 4.57 Å². The van der Waals surface area contributed by atoms with Gasteiger partial charge in [0, 0.05) is 6.95 Å². The summed E-state index contributed by atoms with van der Waals surface area (Å²) in [6.45, 7) is -4.67. The van der Waals surface area contributed by atoms with E-state index in [1.165, 1.54) is 0 Å². The van der Waals surface area contributed by atoms with E-state index < -0.39 is 6.95 Å². The molecule has 0 aromatic carbocycles. The van der Waals surface area contributed by atoms with Crippen molar-refractivity contribution in [2.75, 3.05) is 0 Å². The van der Waals surface area contributed by atoms with Gasteiger partial charge in [0.1, 0.15) is 0 Å². The van der Waals surface area contributed by atoms with Crippen molar-refractivity contribution in [2.24, 2.45) is 0 Å². The minimum absolute atomic E-state index is 0. The van der Waals surface area contributed by atoms with Crippen molar-refractivity contribution in [1.29, 1.82) is 0 Å². The summed E-state index contributed by atoms with van der Waals surface area (Å²) in [5.41, 5.74) is 0. The molecule has 0 spiro atoms. The van der Waals surface area contributed by atoms with Crippen molar-refractivity contribution in [1.82, 2.24) is 0 Å². The largest absolute Gasteiger partial charge is 2.00 e. The van der Waals surface area contributed by atoms with Crippen molar-refractivity contribution in [3.05, 3.63) is 0 Å². The molecular formula is ClO3PSr. The van der Waals surface area contributed by atoms with Crippen LogP contribution in [0.15, 0.2) is 0 Å². The zero-order valence-corrected chi connectivity index (χ0v) is 7.88. The summed E-state index contributed by atoms with van der Waals surface area (Å²) in [4.78, 5) is 17.7. The van der Waals surface area contributed by atoms with Gasteiger partial charge in [-0.1, -0.05) is 11.2 Å². The Morgan fingerprint density at radius 1 is 1.50 bits per heavy atom. The summed E-state index contributed by atoms with van der Waals surface area (Å²) in [5.74, 6) is 0. The van der Waals surface area contributed by atoms with Gasteiger partial charge in [-0.25, -0.2) is 0 Å². The number of halogens is 1. The van der Waals surface area contributed by atoms with E-state index in [2.05, 4.69) is 11.2 Å². The van der Waals surface area contributed by atoms with Crippen LogP contribution < -0.4 is 9.79 Å². The van der Waals surface area contributed by atoms with Gasteiger partial charge >= 0.3 is 45.5 Å². The second-order valence-corrected chi connectivity index (χ2v) is 2.53. The standard InChI is InChI=1S/ClH2O3P.Sr/c1-5(2,3)4;/h(H2,2,3,4);/q;+2/p-2. The maximum atomic E-state index is 8.87. The topological polar surface area (TPSA) is 63.2 Å². The summed E-state index contributed by atoms with van der Waals surface area (Å²) in [5, 5.41) is 0. The first-order valence-corrected chi connectivity index (χ1v) is 3.16. The molecule has 6 heavy (non-hydrogen) atoms. The van der Waals surface area contributed by atoms with E-state index >= 15 is 0 Å². The van der Waals surface area contributed by atoms with E-state index in [9.17, 15) is 0 Å². The van der Waals surface area contributed by atoms with Crippen LogP contribution in [0.5, 0.6) is 0 Å². The SMILES string of the molecule is O=P([O-])([O-])Cl.[Sr+2]. The van der Waals surface area contributed by atoms with Gasteiger partial charge in [-0.3, -0.25) is 0 Å². The zero-order valence-electron chi connectivity index (χ0n) is 2.76. The van der Waals surface area contributed by atoms with Gasteiger partial charge in [0.25, 0.3) is 0 Å². The molecule has 32 valence electrons. The Morgan fingerprint density at radius 3 is 1.50 bits per heavy atom. The molecule has 6 heteroatoms. The Morgan fingerprint density at radius 2 is 1.50 bits per heavy atom. The van der Waals surface area contributed by atoms with Crippen LogP contribution in [-0.4, -0.2) is 45.5 Å². The van der Waals surface area contributed by atoms with Crippen molar-refractivity contribution >= 4 is 63.7 Å². The molecule has 0 aliphatic heterocycles. The molecule has 0 fully saturated rings. The quantitative estimate of drug-likeness (QED) is 0.361. The molecule has 0 N–H and O–H groups in total. The van der Waals surface area contributed by atoms with Crippen molar-refractivity contribution in [3.63, 3.8) is 0 Å². The Bertz CT molecular complexity index is 56.9. The molecule has 0 rings (SSSR count). The molecule has 0 saturated heterocycles. The van der Waals surface area contributed by atoms with Crippen LogP contribution in [0.1, 0.15) is 0 Å². The molecule has 0 amide bonds. The molecule has 0 saturated carbocycles. The smallest absolute Gasteiger partial charge is 0.799 e. The van der Waals surface area contributed by atoms with Gasteiger partial charge in [0.05, 0.1) is 0 Å². The summed E-state index contributed by atoms with van der Waals surface area (Å²) in [7, 11) is 0. The Labute approximate surface area is 76.9 Å². The minimum Gasteiger partial charge on any atom is -0.799 e. The fraction of sp³-hybridized carbons (Fsp3) is 0. The van der Waals surface area contributed by atoms with Crippen molar-refractivity contribution in [2.45, 2.75) is 0 Å². The summed E-state index contributed by atoms with van der Waals surface area (Å²) in [6, 6.07) is 0. The van der Waals surface area contributed by atoms with Crippen LogP contribution in [0.4, 0.5) is 0 Å². The van der Waals surface area contributed by atoms with Gasteiger partial charge in [-0.05, 0) is 0 Å². The van der Waals surface area contributed by atoms with E-state index in [1.807, 2.05) is 0 Å². The van der Waals surface area contributed by atoms with E-state index in [0.717, 1.165) is 0 Å². The molecule has 0 aliphatic rings. The zero-order chi connectivity index (χ0) is 4.50. The third kappa shape index (κ3) is 38.9. The fourth-order valence-electron chi connectivity index (χ4n) is 0. The summed E-state index contributed by atoms with van der Waals surface area (Å²) >= 11 is 3.97. The van der Waals surface area contributed by atoms with E-state index in [-0.39, 0.29) is 45.5 Å². The fourth-order valence-corrected chi connectivity index (χ4v) is 0. The molecule has 0 radical (unpaired) electrons. The van der Waals surface area contributed by atoms with Gasteiger partial charge < -0.3 is 14.4 Å². The van der Waals surface area contributed by atoms with Gasteiger partial charge in [-0.2, -0.15) is 0 Å². The second-order valence-electron chi connectivity index (χ2n) is 0.431. The summed E-state index contributed by atoms with van der Waals surface area (Å²) in [6.07, 6.45) is 0. The monoisotopic (exact) mass is 202 g/mol.